The number of carbonyl (C=O) groups is 3. The van der Waals surface area contributed by atoms with Crippen LogP contribution < -0.4 is 0 Å². The molecule has 8 nitrogen and oxygen atoms in total. The van der Waals surface area contributed by atoms with Crippen molar-refractivity contribution in [2.45, 2.75) is 37.5 Å². The second-order valence-corrected chi connectivity index (χ2v) is 8.88. The smallest absolute Gasteiger partial charge is 0.193 e. The topological polar surface area (TPSA) is 135 Å². The number of aromatic hydroxyl groups is 1. The van der Waals surface area contributed by atoms with Gasteiger partial charge in [-0.1, -0.05) is 19.1 Å². The fourth-order valence-electron chi connectivity index (χ4n) is 5.58. The minimum absolute atomic E-state index is 0.0362. The molecule has 0 unspecified atom stereocenters. The van der Waals surface area contributed by atoms with Crippen molar-refractivity contribution in [1.29, 1.82) is 0 Å². The van der Waals surface area contributed by atoms with Crippen LogP contribution in [0.5, 0.6) is 5.75 Å². The minimum atomic E-state index is -2.30. The summed E-state index contributed by atoms with van der Waals surface area (Å²) < 4.78 is 0. The molecule has 0 aromatic heterocycles. The molecule has 0 fully saturated rings. The summed E-state index contributed by atoms with van der Waals surface area (Å²) in [6.45, 7) is 2.90. The first-order chi connectivity index (χ1) is 14.4. The van der Waals surface area contributed by atoms with Crippen molar-refractivity contribution >= 4 is 17.3 Å². The molecule has 1 aromatic rings. The molecule has 0 heterocycles. The van der Waals surface area contributed by atoms with Crippen LogP contribution in [-0.4, -0.2) is 74.5 Å². The Labute approximate surface area is 179 Å². The fraction of sp³-hybridized carbons (Fsp3) is 0.435. The second-order valence-electron chi connectivity index (χ2n) is 8.88. The molecule has 6 atom stereocenters. The molecule has 3 aliphatic carbocycles. The number of hydrogen-bond acceptors (Lipinski definition) is 8. The molecule has 0 spiro atoms. The van der Waals surface area contributed by atoms with E-state index in [0.29, 0.717) is 5.56 Å². The van der Waals surface area contributed by atoms with Crippen molar-refractivity contribution in [3.63, 3.8) is 0 Å². The Morgan fingerprint density at radius 3 is 2.39 bits per heavy atom. The zero-order valence-corrected chi connectivity index (χ0v) is 17.7. The van der Waals surface area contributed by atoms with Gasteiger partial charge in [-0.15, -0.1) is 0 Å². The Kier molecular flexibility index (Phi) is 4.73. The Morgan fingerprint density at radius 1 is 1.16 bits per heavy atom. The lowest BCUT2D eigenvalue weighted by Crippen LogP contribution is -2.65. The van der Waals surface area contributed by atoms with Crippen LogP contribution in [0.3, 0.4) is 0 Å². The molecule has 0 saturated carbocycles. The van der Waals surface area contributed by atoms with Gasteiger partial charge in [-0.05, 0) is 44.6 Å². The average molecular weight is 427 g/mol. The molecule has 164 valence electrons. The van der Waals surface area contributed by atoms with E-state index in [2.05, 4.69) is 0 Å². The van der Waals surface area contributed by atoms with Gasteiger partial charge in [-0.3, -0.25) is 19.3 Å². The predicted octanol–water partition coefficient (Wildman–Crippen LogP) is 0.870. The van der Waals surface area contributed by atoms with Gasteiger partial charge in [0.1, 0.15) is 22.7 Å². The van der Waals surface area contributed by atoms with E-state index in [1.807, 2.05) is 0 Å². The van der Waals surface area contributed by atoms with Crippen LogP contribution in [0.15, 0.2) is 41.2 Å². The lowest BCUT2D eigenvalue weighted by molar-refractivity contribution is -0.143. The first-order valence-electron chi connectivity index (χ1n) is 10.1. The molecule has 8 heteroatoms. The standard InChI is InChI=1S/C23H25NO7/c1-9-11-6-5-7-13(26)16(11)19(27)12-8-23(31)17(20(28)14(9)12)18(24(3)4)21(29)15(10(2)25)22(23)30/h5-9,14,17-18,20,26,28,30-31H,1-4H3/t9-,14+,17+,18-,20-,23+/m0/s1. The van der Waals surface area contributed by atoms with E-state index in [4.69, 9.17) is 0 Å². The summed E-state index contributed by atoms with van der Waals surface area (Å²) >= 11 is 0. The largest absolute Gasteiger partial charge is 0.508 e. The molecular formula is C23H25NO7. The lowest BCUT2D eigenvalue weighted by Gasteiger charge is -2.53. The maximum atomic E-state index is 13.3. The van der Waals surface area contributed by atoms with Crippen LogP contribution in [0.25, 0.3) is 0 Å². The average Bonchev–Trinajstić information content (AvgIpc) is 2.67. The van der Waals surface area contributed by atoms with Crippen molar-refractivity contribution in [2.75, 3.05) is 14.1 Å². The molecular weight excluding hydrogens is 402 g/mol. The summed E-state index contributed by atoms with van der Waals surface area (Å²) in [7, 11) is 3.16. The number of benzene rings is 1. The summed E-state index contributed by atoms with van der Waals surface area (Å²) in [4.78, 5) is 40.0. The maximum absolute atomic E-state index is 13.3. The number of nitrogens with zero attached hydrogens (tertiary/aromatic N) is 1. The van der Waals surface area contributed by atoms with Gasteiger partial charge in [-0.2, -0.15) is 0 Å². The molecule has 0 radical (unpaired) electrons. The van der Waals surface area contributed by atoms with Crippen LogP contribution in [0.2, 0.25) is 0 Å². The van der Waals surface area contributed by atoms with Crippen molar-refractivity contribution in [1.82, 2.24) is 4.90 Å². The number of hydrogen-bond donors (Lipinski definition) is 4. The fourth-order valence-corrected chi connectivity index (χ4v) is 5.58. The third-order valence-corrected chi connectivity index (χ3v) is 6.95. The number of aliphatic hydroxyl groups is 3. The first kappa shape index (κ1) is 21.4. The summed E-state index contributed by atoms with van der Waals surface area (Å²) in [6, 6.07) is 3.59. The SMILES string of the molecule is CC(=O)C1=C(O)[C@@]2(O)C=C3C(=O)c4c(O)cccc4[C@H](C)[C@H]3[C@H](O)[C@H]2[C@H](N(C)C)C1=O. The Hall–Kier alpha value is -2.81. The summed E-state index contributed by atoms with van der Waals surface area (Å²) in [5, 5.41) is 44.1. The van der Waals surface area contributed by atoms with Gasteiger partial charge in [0, 0.05) is 17.4 Å². The number of aliphatic hydroxyl groups excluding tert-OH is 2. The van der Waals surface area contributed by atoms with E-state index in [1.54, 1.807) is 33.2 Å². The number of carbonyl (C=O) groups excluding carboxylic acids is 3. The Bertz CT molecular complexity index is 1090. The molecule has 4 N–H and O–H groups in total. The van der Waals surface area contributed by atoms with Gasteiger partial charge in [0.25, 0.3) is 0 Å². The van der Waals surface area contributed by atoms with Crippen molar-refractivity contribution < 1.29 is 34.8 Å². The van der Waals surface area contributed by atoms with Crippen LogP contribution in [-0.2, 0) is 9.59 Å². The Morgan fingerprint density at radius 2 is 1.81 bits per heavy atom. The highest BCUT2D eigenvalue weighted by Crippen LogP contribution is 2.53. The van der Waals surface area contributed by atoms with Gasteiger partial charge in [0.15, 0.2) is 17.3 Å². The van der Waals surface area contributed by atoms with Crippen LogP contribution in [0, 0.1) is 11.8 Å². The number of phenolic OH excluding ortho intramolecular Hbond substituents is 1. The number of ketones is 3. The van der Waals surface area contributed by atoms with Crippen LogP contribution >= 0.6 is 0 Å². The summed E-state index contributed by atoms with van der Waals surface area (Å²) in [6.07, 6.45) is -0.226. The number of fused-ring (bicyclic) bond motifs is 3. The maximum Gasteiger partial charge on any atom is 0.193 e. The van der Waals surface area contributed by atoms with E-state index in [0.717, 1.165) is 13.0 Å². The third-order valence-electron chi connectivity index (χ3n) is 6.95. The van der Waals surface area contributed by atoms with E-state index in [1.165, 1.54) is 11.0 Å². The normalized spacial score (nSPS) is 34.8. The molecule has 0 amide bonds. The van der Waals surface area contributed by atoms with E-state index >= 15 is 0 Å². The molecule has 0 bridgehead atoms. The van der Waals surface area contributed by atoms with Crippen molar-refractivity contribution in [3.8, 4) is 5.75 Å². The molecule has 31 heavy (non-hydrogen) atoms. The summed E-state index contributed by atoms with van der Waals surface area (Å²) in [5.41, 5.74) is -2.16. The first-order valence-corrected chi connectivity index (χ1v) is 10.1. The second kappa shape index (κ2) is 6.85. The van der Waals surface area contributed by atoms with E-state index < -0.39 is 64.2 Å². The molecule has 4 rings (SSSR count). The molecule has 3 aliphatic rings. The number of rotatable bonds is 2. The van der Waals surface area contributed by atoms with Gasteiger partial charge >= 0.3 is 0 Å². The highest BCUT2D eigenvalue weighted by molar-refractivity contribution is 6.23. The van der Waals surface area contributed by atoms with Crippen molar-refractivity contribution in [2.24, 2.45) is 11.8 Å². The molecule has 1 aromatic carbocycles. The highest BCUT2D eigenvalue weighted by atomic mass is 16.3. The third kappa shape index (κ3) is 2.68. The Balaban J connectivity index is 2.02. The number of Topliss-reactive ketones (excluding diaryl/α,β-unsaturated/α-hetero) is 3. The van der Waals surface area contributed by atoms with E-state index in [-0.39, 0.29) is 16.9 Å². The zero-order valence-electron chi connectivity index (χ0n) is 17.7. The van der Waals surface area contributed by atoms with Gasteiger partial charge in [0.05, 0.1) is 17.7 Å². The lowest BCUT2D eigenvalue weighted by atomic mass is 9.56. The number of likely N-dealkylation sites (N-methyl/N-ethyl adjacent to an activating group) is 1. The monoisotopic (exact) mass is 427 g/mol. The van der Waals surface area contributed by atoms with Crippen LogP contribution in [0.4, 0.5) is 0 Å². The quantitative estimate of drug-likeness (QED) is 0.511. The van der Waals surface area contributed by atoms with Gasteiger partial charge < -0.3 is 20.4 Å². The van der Waals surface area contributed by atoms with E-state index in [9.17, 15) is 34.8 Å². The predicted molar refractivity (Wildman–Crippen MR) is 110 cm³/mol. The zero-order chi connectivity index (χ0) is 23.0. The van der Waals surface area contributed by atoms with Crippen molar-refractivity contribution in [3.05, 3.63) is 52.3 Å². The highest BCUT2D eigenvalue weighted by Gasteiger charge is 2.62. The van der Waals surface area contributed by atoms with Gasteiger partial charge in [0.2, 0.25) is 0 Å². The minimum Gasteiger partial charge on any atom is -0.508 e. The van der Waals surface area contributed by atoms with Gasteiger partial charge in [-0.25, -0.2) is 0 Å². The summed E-state index contributed by atoms with van der Waals surface area (Å²) in [5.74, 6) is -5.44. The molecule has 0 aliphatic heterocycles. The number of phenols is 1. The van der Waals surface area contributed by atoms with Crippen LogP contribution in [0.1, 0.15) is 35.7 Å². The molecule has 0 saturated heterocycles.